The van der Waals surface area contributed by atoms with E-state index in [4.69, 9.17) is 10.5 Å². The average Bonchev–Trinajstić information content (AvgIpc) is 2.70. The van der Waals surface area contributed by atoms with Gasteiger partial charge in [0.05, 0.1) is 5.69 Å². The van der Waals surface area contributed by atoms with E-state index in [0.29, 0.717) is 0 Å². The van der Waals surface area contributed by atoms with E-state index < -0.39 is 0 Å². The summed E-state index contributed by atoms with van der Waals surface area (Å²) < 4.78 is 5.66. The summed E-state index contributed by atoms with van der Waals surface area (Å²) in [5, 5.41) is 3.17. The molecule has 92 valence electrons. The Bertz CT molecular complexity index is 310. The van der Waals surface area contributed by atoms with Gasteiger partial charge in [0.2, 0.25) is 0 Å². The highest BCUT2D eigenvalue weighted by Gasteiger charge is 2.31. The lowest BCUT2D eigenvalue weighted by Gasteiger charge is -2.27. The van der Waals surface area contributed by atoms with Crippen molar-refractivity contribution in [3.8, 4) is 0 Å². The van der Waals surface area contributed by atoms with Gasteiger partial charge in [-0.05, 0) is 19.8 Å². The van der Waals surface area contributed by atoms with Crippen LogP contribution in [0.4, 0.5) is 0 Å². The van der Waals surface area contributed by atoms with Crippen LogP contribution >= 0.6 is 11.3 Å². The Balaban J connectivity index is 2.90. The molecule has 1 aromatic heterocycles. The zero-order valence-electron chi connectivity index (χ0n) is 10.6. The fraction of sp³-hybridized carbons (Fsp3) is 0.750. The number of ether oxygens (including phenoxy) is 1. The molecule has 0 saturated heterocycles. The second-order valence-corrected chi connectivity index (χ2v) is 5.09. The minimum atomic E-state index is -0.208. The van der Waals surface area contributed by atoms with Crippen LogP contribution in [-0.4, -0.2) is 18.1 Å². The molecular weight excluding hydrogens is 220 g/mol. The van der Waals surface area contributed by atoms with Gasteiger partial charge in [-0.2, -0.15) is 0 Å². The summed E-state index contributed by atoms with van der Waals surface area (Å²) in [6.07, 6.45) is 2.74. The Morgan fingerprint density at radius 3 is 2.56 bits per heavy atom. The van der Waals surface area contributed by atoms with E-state index in [-0.39, 0.29) is 11.6 Å². The van der Waals surface area contributed by atoms with Crippen molar-refractivity contribution in [2.45, 2.75) is 51.7 Å². The molecule has 0 aliphatic rings. The lowest BCUT2D eigenvalue weighted by atomic mass is 9.98. The Morgan fingerprint density at radius 2 is 2.12 bits per heavy atom. The Morgan fingerprint density at radius 1 is 1.50 bits per heavy atom. The van der Waals surface area contributed by atoms with Gasteiger partial charge in [0.25, 0.3) is 0 Å². The first kappa shape index (κ1) is 13.6. The molecule has 3 nitrogen and oxygen atoms in total. The number of nitrogens with two attached hydrogens (primary N) is 1. The molecule has 0 aliphatic carbocycles. The molecule has 0 aromatic carbocycles. The van der Waals surface area contributed by atoms with Crippen molar-refractivity contribution < 1.29 is 4.74 Å². The van der Waals surface area contributed by atoms with E-state index in [2.05, 4.69) is 24.2 Å². The average molecular weight is 242 g/mol. The normalized spacial score (nSPS) is 14.1. The van der Waals surface area contributed by atoms with Gasteiger partial charge in [-0.1, -0.05) is 13.8 Å². The van der Waals surface area contributed by atoms with Gasteiger partial charge in [0, 0.05) is 25.0 Å². The smallest absolute Gasteiger partial charge is 0.125 e. The first-order valence-electron chi connectivity index (χ1n) is 5.83. The molecule has 4 heteroatoms. The second-order valence-electron chi connectivity index (χ2n) is 4.23. The number of methoxy groups -OCH3 is 1. The summed E-state index contributed by atoms with van der Waals surface area (Å²) in [7, 11) is 1.76. The molecule has 1 unspecified atom stereocenters. The van der Waals surface area contributed by atoms with Gasteiger partial charge in [-0.25, -0.2) is 4.98 Å². The summed E-state index contributed by atoms with van der Waals surface area (Å²) in [6.45, 7) is 6.28. The van der Waals surface area contributed by atoms with Crippen LogP contribution in [0.25, 0.3) is 0 Å². The highest BCUT2D eigenvalue weighted by Crippen LogP contribution is 2.34. The zero-order valence-corrected chi connectivity index (χ0v) is 11.4. The van der Waals surface area contributed by atoms with Gasteiger partial charge in [0.15, 0.2) is 0 Å². The Labute approximate surface area is 102 Å². The standard InChI is InChI=1S/C12H22N2OS/c1-5-12(6-2,15-4)11-14-10(8-16-11)7-9(3)13/h8-9H,5-7,13H2,1-4H3. The van der Waals surface area contributed by atoms with Crippen LogP contribution in [0.5, 0.6) is 0 Å². The van der Waals surface area contributed by atoms with Crippen LogP contribution in [0.3, 0.4) is 0 Å². The van der Waals surface area contributed by atoms with E-state index in [1.807, 2.05) is 6.92 Å². The second kappa shape index (κ2) is 5.75. The summed E-state index contributed by atoms with van der Waals surface area (Å²) in [6, 6.07) is 0.162. The van der Waals surface area contributed by atoms with Crippen LogP contribution < -0.4 is 5.73 Å². The fourth-order valence-corrected chi connectivity index (χ4v) is 3.02. The predicted octanol–water partition coefficient (Wildman–Crippen LogP) is 2.69. The number of hydrogen-bond acceptors (Lipinski definition) is 4. The summed E-state index contributed by atoms with van der Waals surface area (Å²) in [5.41, 5.74) is 6.65. The molecule has 0 amide bonds. The third-order valence-corrected chi connectivity index (χ3v) is 4.08. The minimum Gasteiger partial charge on any atom is -0.371 e. The van der Waals surface area contributed by atoms with Gasteiger partial charge < -0.3 is 10.5 Å². The van der Waals surface area contributed by atoms with Crippen LogP contribution in [0, 0.1) is 0 Å². The van der Waals surface area contributed by atoms with E-state index in [1.165, 1.54) is 0 Å². The molecule has 0 radical (unpaired) electrons. The number of thiazole rings is 1. The van der Waals surface area contributed by atoms with Crippen molar-refractivity contribution in [1.82, 2.24) is 4.98 Å². The molecule has 1 rings (SSSR count). The number of rotatable bonds is 6. The quantitative estimate of drug-likeness (QED) is 0.834. The van der Waals surface area contributed by atoms with E-state index in [9.17, 15) is 0 Å². The maximum atomic E-state index is 5.77. The molecule has 2 N–H and O–H groups in total. The molecule has 0 spiro atoms. The van der Waals surface area contributed by atoms with Gasteiger partial charge in [0.1, 0.15) is 10.6 Å². The molecular formula is C12H22N2OS. The molecule has 0 bridgehead atoms. The Kier molecular flexibility index (Phi) is 4.89. The lowest BCUT2D eigenvalue weighted by molar-refractivity contribution is -0.0219. The predicted molar refractivity (Wildman–Crippen MR) is 68.7 cm³/mol. The third kappa shape index (κ3) is 2.81. The summed E-state index contributed by atoms with van der Waals surface area (Å²) in [5.74, 6) is 0. The Hall–Kier alpha value is -0.450. The monoisotopic (exact) mass is 242 g/mol. The van der Waals surface area contributed by atoms with Crippen LogP contribution in [0.15, 0.2) is 5.38 Å². The molecule has 1 heterocycles. The maximum absolute atomic E-state index is 5.77. The van der Waals surface area contributed by atoms with E-state index >= 15 is 0 Å². The SMILES string of the molecule is CCC(CC)(OC)c1nc(CC(C)N)cs1. The molecule has 1 aromatic rings. The van der Waals surface area contributed by atoms with Crippen molar-refractivity contribution >= 4 is 11.3 Å². The number of nitrogens with zero attached hydrogens (tertiary/aromatic N) is 1. The van der Waals surface area contributed by atoms with Crippen molar-refractivity contribution in [3.63, 3.8) is 0 Å². The largest absolute Gasteiger partial charge is 0.371 e. The minimum absolute atomic E-state index is 0.162. The topological polar surface area (TPSA) is 48.1 Å². The summed E-state index contributed by atoms with van der Waals surface area (Å²) in [4.78, 5) is 4.65. The summed E-state index contributed by atoms with van der Waals surface area (Å²) >= 11 is 1.68. The molecule has 16 heavy (non-hydrogen) atoms. The zero-order chi connectivity index (χ0) is 12.2. The van der Waals surface area contributed by atoms with E-state index in [1.54, 1.807) is 18.4 Å². The number of aromatic nitrogens is 1. The van der Waals surface area contributed by atoms with Crippen LogP contribution in [0.1, 0.15) is 44.3 Å². The first-order chi connectivity index (χ1) is 7.57. The van der Waals surface area contributed by atoms with Gasteiger partial charge in [-0.3, -0.25) is 0 Å². The highest BCUT2D eigenvalue weighted by molar-refractivity contribution is 7.09. The van der Waals surface area contributed by atoms with Crippen LogP contribution in [-0.2, 0) is 16.8 Å². The third-order valence-electron chi connectivity index (χ3n) is 3.01. The van der Waals surface area contributed by atoms with Gasteiger partial charge >= 0.3 is 0 Å². The first-order valence-corrected chi connectivity index (χ1v) is 6.71. The fourth-order valence-electron chi connectivity index (χ4n) is 1.87. The number of hydrogen-bond donors (Lipinski definition) is 1. The van der Waals surface area contributed by atoms with Crippen molar-refractivity contribution in [2.24, 2.45) is 5.73 Å². The van der Waals surface area contributed by atoms with Crippen LogP contribution in [0.2, 0.25) is 0 Å². The maximum Gasteiger partial charge on any atom is 0.125 e. The highest BCUT2D eigenvalue weighted by atomic mass is 32.1. The molecule has 1 atom stereocenters. The van der Waals surface area contributed by atoms with E-state index in [0.717, 1.165) is 30.0 Å². The molecule has 0 saturated carbocycles. The molecule has 0 aliphatic heterocycles. The molecule has 0 fully saturated rings. The van der Waals surface area contributed by atoms with Crippen molar-refractivity contribution in [3.05, 3.63) is 16.1 Å². The van der Waals surface area contributed by atoms with Crippen molar-refractivity contribution in [2.75, 3.05) is 7.11 Å². The lowest BCUT2D eigenvalue weighted by Crippen LogP contribution is -2.26. The van der Waals surface area contributed by atoms with Gasteiger partial charge in [-0.15, -0.1) is 11.3 Å². The van der Waals surface area contributed by atoms with Crippen molar-refractivity contribution in [1.29, 1.82) is 0 Å².